The Morgan fingerprint density at radius 3 is 2.41 bits per heavy atom. The van der Waals surface area contributed by atoms with Crippen LogP contribution in [0.5, 0.6) is 0 Å². The fourth-order valence-corrected chi connectivity index (χ4v) is 3.57. The van der Waals surface area contributed by atoms with E-state index in [-0.39, 0.29) is 36.7 Å². The number of likely N-dealkylation sites (tertiary alicyclic amines) is 1. The van der Waals surface area contributed by atoms with Crippen LogP contribution in [0, 0.1) is 0 Å². The molecule has 1 aromatic carbocycles. The van der Waals surface area contributed by atoms with Crippen molar-refractivity contribution in [3.05, 3.63) is 34.7 Å². The number of aryl methyl sites for hydroxylation is 1. The fourth-order valence-electron chi connectivity index (χ4n) is 3.57. The molecule has 0 aliphatic carbocycles. The molecule has 0 unspecified atom stereocenters. The van der Waals surface area contributed by atoms with Gasteiger partial charge in [0, 0.05) is 26.2 Å². The zero-order valence-corrected chi connectivity index (χ0v) is 16.6. The van der Waals surface area contributed by atoms with Crippen molar-refractivity contribution in [2.24, 2.45) is 5.73 Å². The first-order chi connectivity index (χ1) is 12.7. The van der Waals surface area contributed by atoms with Gasteiger partial charge in [-0.25, -0.2) is 4.79 Å². The number of ether oxygens (including phenoxy) is 1. The van der Waals surface area contributed by atoms with Crippen LogP contribution in [0.3, 0.4) is 0 Å². The summed E-state index contributed by atoms with van der Waals surface area (Å²) < 4.78 is 9.08. The van der Waals surface area contributed by atoms with Crippen LogP contribution in [-0.2, 0) is 22.6 Å². The number of amides is 1. The second kappa shape index (κ2) is 9.92. The summed E-state index contributed by atoms with van der Waals surface area (Å²) in [4.78, 5) is 27.2. The second-order valence-corrected chi connectivity index (χ2v) is 6.69. The topological polar surface area (TPSA) is 82.5 Å². The van der Waals surface area contributed by atoms with E-state index in [2.05, 4.69) is 0 Å². The number of para-hydroxylation sites is 2. The highest BCUT2D eigenvalue weighted by atomic mass is 35.5. The summed E-state index contributed by atoms with van der Waals surface area (Å²) in [5.41, 5.74) is 7.04. The van der Waals surface area contributed by atoms with Crippen LogP contribution in [0.2, 0.25) is 0 Å². The Labute approximate surface area is 165 Å². The zero-order chi connectivity index (χ0) is 18.5. The lowest BCUT2D eigenvalue weighted by molar-refractivity contribution is -0.134. The average Bonchev–Trinajstić information content (AvgIpc) is 2.94. The van der Waals surface area contributed by atoms with E-state index in [1.165, 1.54) is 0 Å². The van der Waals surface area contributed by atoms with Gasteiger partial charge in [0.1, 0.15) is 6.54 Å². The maximum Gasteiger partial charge on any atom is 0.329 e. The highest BCUT2D eigenvalue weighted by Crippen LogP contribution is 2.16. The van der Waals surface area contributed by atoms with Crippen molar-refractivity contribution in [3.63, 3.8) is 0 Å². The SMILES string of the molecule is CCn1c(=O)n(CC(=O)N2CCC(OCCCN)CC2)c2ccccc21.Cl. The maximum atomic E-state index is 12.7. The van der Waals surface area contributed by atoms with Gasteiger partial charge in [0.25, 0.3) is 0 Å². The van der Waals surface area contributed by atoms with Gasteiger partial charge in [-0.3, -0.25) is 13.9 Å². The number of carbonyl (C=O) groups excluding carboxylic acids is 1. The molecular weight excluding hydrogens is 368 g/mol. The van der Waals surface area contributed by atoms with E-state index in [1.54, 1.807) is 9.13 Å². The molecule has 1 aliphatic heterocycles. The van der Waals surface area contributed by atoms with Gasteiger partial charge in [0.2, 0.25) is 5.91 Å². The summed E-state index contributed by atoms with van der Waals surface area (Å²) >= 11 is 0. The Kier molecular flexibility index (Phi) is 7.89. The molecule has 1 fully saturated rings. The van der Waals surface area contributed by atoms with E-state index < -0.39 is 0 Å². The molecule has 0 atom stereocenters. The number of hydrogen-bond donors (Lipinski definition) is 1. The molecule has 8 heteroatoms. The Morgan fingerprint density at radius 1 is 1.19 bits per heavy atom. The van der Waals surface area contributed by atoms with Gasteiger partial charge in [0.05, 0.1) is 17.1 Å². The molecule has 1 aromatic heterocycles. The molecule has 0 spiro atoms. The van der Waals surface area contributed by atoms with Gasteiger partial charge < -0.3 is 15.4 Å². The van der Waals surface area contributed by atoms with Gasteiger partial charge in [-0.15, -0.1) is 12.4 Å². The highest BCUT2D eigenvalue weighted by molar-refractivity contribution is 5.85. The van der Waals surface area contributed by atoms with Gasteiger partial charge in [-0.2, -0.15) is 0 Å². The van der Waals surface area contributed by atoms with Crippen molar-refractivity contribution in [1.82, 2.24) is 14.0 Å². The zero-order valence-electron chi connectivity index (χ0n) is 15.8. The minimum absolute atomic E-state index is 0. The van der Waals surface area contributed by atoms with E-state index in [0.717, 1.165) is 30.3 Å². The first kappa shape index (κ1) is 21.5. The van der Waals surface area contributed by atoms with E-state index in [0.29, 0.717) is 32.8 Å². The normalized spacial score (nSPS) is 15.1. The number of hydrogen-bond acceptors (Lipinski definition) is 4. The Bertz CT molecular complexity index is 809. The Hall–Kier alpha value is -1.83. The molecule has 0 saturated carbocycles. The summed E-state index contributed by atoms with van der Waals surface area (Å²) in [6.45, 7) is 5.28. The number of halogens is 1. The third-order valence-electron chi connectivity index (χ3n) is 5.03. The number of rotatable bonds is 7. The number of imidazole rings is 1. The standard InChI is InChI=1S/C19H28N4O3.ClH/c1-2-22-16-6-3-4-7-17(16)23(19(22)25)14-18(24)21-11-8-15(9-12-21)26-13-5-10-20;/h3-4,6-7,15H,2,5,8-14,20H2,1H3;1H. The molecule has 7 nitrogen and oxygen atoms in total. The van der Waals surface area contributed by atoms with Gasteiger partial charge in [0.15, 0.2) is 0 Å². The van der Waals surface area contributed by atoms with Gasteiger partial charge >= 0.3 is 5.69 Å². The number of aromatic nitrogens is 2. The van der Waals surface area contributed by atoms with Crippen LogP contribution in [0.25, 0.3) is 11.0 Å². The Morgan fingerprint density at radius 2 is 1.81 bits per heavy atom. The molecule has 150 valence electrons. The lowest BCUT2D eigenvalue weighted by Gasteiger charge is -2.32. The van der Waals surface area contributed by atoms with Crippen LogP contribution < -0.4 is 11.4 Å². The quantitative estimate of drug-likeness (QED) is 0.720. The molecule has 3 rings (SSSR count). The van der Waals surface area contributed by atoms with Crippen molar-refractivity contribution < 1.29 is 9.53 Å². The Balaban J connectivity index is 0.00000261. The molecule has 1 saturated heterocycles. The number of carbonyl (C=O) groups is 1. The van der Waals surface area contributed by atoms with E-state index in [4.69, 9.17) is 10.5 Å². The van der Waals surface area contributed by atoms with Crippen molar-refractivity contribution in [2.75, 3.05) is 26.2 Å². The molecule has 0 bridgehead atoms. The van der Waals surface area contributed by atoms with Crippen molar-refractivity contribution in [1.29, 1.82) is 0 Å². The van der Waals surface area contributed by atoms with Crippen LogP contribution in [0.1, 0.15) is 26.2 Å². The largest absolute Gasteiger partial charge is 0.378 e. The average molecular weight is 397 g/mol. The second-order valence-electron chi connectivity index (χ2n) is 6.69. The molecular formula is C19H29ClN4O3. The predicted molar refractivity (Wildman–Crippen MR) is 108 cm³/mol. The molecule has 0 radical (unpaired) electrons. The number of nitrogens with zero attached hydrogens (tertiary/aromatic N) is 3. The van der Waals surface area contributed by atoms with Gasteiger partial charge in [-0.1, -0.05) is 12.1 Å². The molecule has 2 heterocycles. The third kappa shape index (κ3) is 4.72. The number of benzene rings is 1. The van der Waals surface area contributed by atoms with E-state index in [1.807, 2.05) is 36.1 Å². The first-order valence-electron chi connectivity index (χ1n) is 9.43. The molecule has 1 amide bonds. The molecule has 2 aromatic rings. The lowest BCUT2D eigenvalue weighted by Crippen LogP contribution is -2.43. The maximum absolute atomic E-state index is 12.7. The van der Waals surface area contributed by atoms with E-state index in [9.17, 15) is 9.59 Å². The van der Waals surface area contributed by atoms with Crippen LogP contribution in [0.15, 0.2) is 29.1 Å². The number of nitrogens with two attached hydrogens (primary N) is 1. The van der Waals surface area contributed by atoms with Crippen molar-refractivity contribution in [3.8, 4) is 0 Å². The van der Waals surface area contributed by atoms with Crippen LogP contribution in [0.4, 0.5) is 0 Å². The lowest BCUT2D eigenvalue weighted by atomic mass is 10.1. The summed E-state index contributed by atoms with van der Waals surface area (Å²) in [5, 5.41) is 0. The smallest absolute Gasteiger partial charge is 0.329 e. The molecule has 2 N–H and O–H groups in total. The van der Waals surface area contributed by atoms with Gasteiger partial charge in [-0.05, 0) is 44.9 Å². The predicted octanol–water partition coefficient (Wildman–Crippen LogP) is 1.60. The molecule has 1 aliphatic rings. The summed E-state index contributed by atoms with van der Waals surface area (Å²) in [5.74, 6) is -0.00786. The summed E-state index contributed by atoms with van der Waals surface area (Å²) in [6, 6.07) is 7.63. The third-order valence-corrected chi connectivity index (χ3v) is 5.03. The number of piperidine rings is 1. The first-order valence-corrected chi connectivity index (χ1v) is 9.43. The minimum atomic E-state index is -0.123. The summed E-state index contributed by atoms with van der Waals surface area (Å²) in [6.07, 6.45) is 2.74. The fraction of sp³-hybridized carbons (Fsp3) is 0.579. The molecule has 27 heavy (non-hydrogen) atoms. The monoisotopic (exact) mass is 396 g/mol. The van der Waals surface area contributed by atoms with Crippen LogP contribution in [-0.4, -0.2) is 52.3 Å². The van der Waals surface area contributed by atoms with E-state index >= 15 is 0 Å². The van der Waals surface area contributed by atoms with Crippen molar-refractivity contribution in [2.45, 2.75) is 45.4 Å². The van der Waals surface area contributed by atoms with Crippen molar-refractivity contribution >= 4 is 29.3 Å². The van der Waals surface area contributed by atoms with Crippen LogP contribution >= 0.6 is 12.4 Å². The number of fused-ring (bicyclic) bond motifs is 1. The highest BCUT2D eigenvalue weighted by Gasteiger charge is 2.24. The minimum Gasteiger partial charge on any atom is -0.378 e. The summed E-state index contributed by atoms with van der Waals surface area (Å²) in [7, 11) is 0.